The van der Waals surface area contributed by atoms with E-state index in [4.69, 9.17) is 0 Å². The van der Waals surface area contributed by atoms with E-state index in [1.165, 1.54) is 37.7 Å². The van der Waals surface area contributed by atoms with Crippen LogP contribution in [0.1, 0.15) is 74.1 Å². The maximum atomic E-state index is 4.07. The third-order valence-electron chi connectivity index (χ3n) is 2.62. The largest absolute Gasteiger partial charge is 0.0999 e. The molecule has 0 saturated heterocycles. The highest BCUT2D eigenvalue weighted by Gasteiger charge is 2.06. The molecule has 0 saturated carbocycles. The van der Waals surface area contributed by atoms with E-state index in [1.807, 2.05) is 0 Å². The normalized spacial score (nSPS) is 11.1. The lowest BCUT2D eigenvalue weighted by atomic mass is 9.92. The zero-order valence-corrected chi connectivity index (χ0v) is 9.03. The van der Waals surface area contributed by atoms with Gasteiger partial charge < -0.3 is 0 Å². The Morgan fingerprint density at radius 1 is 1.14 bits per heavy atom. The molecule has 0 aliphatic rings. The van der Waals surface area contributed by atoms with Crippen molar-refractivity contribution >= 4 is 0 Å². The van der Waals surface area contributed by atoms with Crippen LogP contribution in [0.25, 0.3) is 0 Å². The topological polar surface area (TPSA) is 0 Å². The Hall–Kier alpha value is -0.260. The second-order valence-electron chi connectivity index (χ2n) is 3.72. The number of unbranched alkanes of at least 4 members (excludes halogenated alkanes) is 1. The number of hydrogen-bond donors (Lipinski definition) is 0. The molecule has 0 amide bonds. The molecule has 0 aromatic heterocycles. The van der Waals surface area contributed by atoms with Crippen molar-refractivity contribution in [2.24, 2.45) is 5.92 Å². The van der Waals surface area contributed by atoms with E-state index >= 15 is 0 Å². The predicted octanol–water partition coefficient (Wildman–Crippen LogP) is 5.83. The van der Waals surface area contributed by atoms with Gasteiger partial charge in [0.2, 0.25) is 0 Å². The van der Waals surface area contributed by atoms with Gasteiger partial charge in [-0.3, -0.25) is 0 Å². The lowest BCUT2D eigenvalue weighted by molar-refractivity contribution is 0.445. The summed E-state index contributed by atoms with van der Waals surface area (Å²) >= 11 is 0. The second-order valence-corrected chi connectivity index (χ2v) is 3.72. The molecule has 0 aliphatic carbocycles. The van der Waals surface area contributed by atoms with Gasteiger partial charge in [0.05, 0.1) is 0 Å². The van der Waals surface area contributed by atoms with Crippen LogP contribution in [0.15, 0.2) is 12.2 Å². The Kier molecular flexibility index (Phi) is 17.6. The Labute approximate surface area is 92.8 Å². The smallest absolute Gasteiger partial charge is 0.0295 e. The van der Waals surface area contributed by atoms with Gasteiger partial charge in [-0.25, -0.2) is 0 Å². The van der Waals surface area contributed by atoms with Crippen LogP contribution in [0.4, 0.5) is 0 Å². The van der Waals surface area contributed by atoms with Crippen LogP contribution in [0.2, 0.25) is 0 Å². The van der Waals surface area contributed by atoms with Gasteiger partial charge in [-0.2, -0.15) is 0 Å². The van der Waals surface area contributed by atoms with Gasteiger partial charge in [0.15, 0.2) is 0 Å². The van der Waals surface area contributed by atoms with Crippen molar-refractivity contribution in [3.63, 3.8) is 0 Å². The van der Waals surface area contributed by atoms with Crippen LogP contribution in [-0.2, 0) is 0 Å². The van der Waals surface area contributed by atoms with Gasteiger partial charge in [-0.05, 0) is 18.8 Å². The first-order valence-corrected chi connectivity index (χ1v) is 5.41. The molecule has 0 nitrogen and oxygen atoms in total. The molecule has 0 aromatic rings. The first kappa shape index (κ1) is 19.3. The minimum absolute atomic E-state index is 0. The maximum Gasteiger partial charge on any atom is -0.0295 e. The molecular formula is C14H32. The molecule has 1 atom stereocenters. The summed E-state index contributed by atoms with van der Waals surface area (Å²) in [4.78, 5) is 0. The van der Waals surface area contributed by atoms with E-state index in [1.54, 1.807) is 0 Å². The van der Waals surface area contributed by atoms with Crippen LogP contribution in [0.3, 0.4) is 0 Å². The molecule has 0 aromatic carbocycles. The van der Waals surface area contributed by atoms with E-state index < -0.39 is 0 Å². The molecular weight excluding hydrogens is 168 g/mol. The summed E-state index contributed by atoms with van der Waals surface area (Å²) in [6.07, 6.45) is 7.84. The Balaban J connectivity index is -0.000000605. The second kappa shape index (κ2) is 12.7. The Morgan fingerprint density at radius 3 is 2.07 bits per heavy atom. The third-order valence-corrected chi connectivity index (χ3v) is 2.62. The standard InChI is InChI=1S/C12H24.2CH4/c1-5-8-9-12(7-3)10-11(4)6-2;;/h12H,4-10H2,1-3H3;2*1H4. The van der Waals surface area contributed by atoms with Crippen molar-refractivity contribution < 1.29 is 0 Å². The fourth-order valence-electron chi connectivity index (χ4n) is 1.50. The van der Waals surface area contributed by atoms with E-state index in [0.717, 1.165) is 12.3 Å². The number of allylic oxidation sites excluding steroid dienone is 1. The van der Waals surface area contributed by atoms with E-state index in [-0.39, 0.29) is 14.9 Å². The molecule has 1 unspecified atom stereocenters. The zero-order chi connectivity index (χ0) is 9.40. The molecule has 0 heterocycles. The molecule has 0 bridgehead atoms. The van der Waals surface area contributed by atoms with Gasteiger partial charge >= 0.3 is 0 Å². The fourth-order valence-corrected chi connectivity index (χ4v) is 1.50. The lowest BCUT2D eigenvalue weighted by Gasteiger charge is -2.14. The molecule has 0 radical (unpaired) electrons. The van der Waals surface area contributed by atoms with Crippen LogP contribution >= 0.6 is 0 Å². The van der Waals surface area contributed by atoms with Crippen LogP contribution in [-0.4, -0.2) is 0 Å². The monoisotopic (exact) mass is 200 g/mol. The number of hydrogen-bond acceptors (Lipinski definition) is 0. The van der Waals surface area contributed by atoms with Crippen molar-refractivity contribution in [2.75, 3.05) is 0 Å². The number of rotatable bonds is 7. The van der Waals surface area contributed by atoms with Gasteiger partial charge in [0.1, 0.15) is 0 Å². The van der Waals surface area contributed by atoms with Crippen molar-refractivity contribution in [3.05, 3.63) is 12.2 Å². The highest BCUT2D eigenvalue weighted by atomic mass is 14.1. The average Bonchev–Trinajstić information content (AvgIpc) is 2.11. The van der Waals surface area contributed by atoms with Crippen LogP contribution < -0.4 is 0 Å². The Morgan fingerprint density at radius 2 is 1.71 bits per heavy atom. The van der Waals surface area contributed by atoms with E-state index in [0.29, 0.717) is 0 Å². The van der Waals surface area contributed by atoms with E-state index in [2.05, 4.69) is 27.4 Å². The molecule has 0 aliphatic heterocycles. The van der Waals surface area contributed by atoms with Crippen molar-refractivity contribution in [1.82, 2.24) is 0 Å². The van der Waals surface area contributed by atoms with Crippen molar-refractivity contribution in [2.45, 2.75) is 74.1 Å². The molecule has 88 valence electrons. The third kappa shape index (κ3) is 9.83. The van der Waals surface area contributed by atoms with Gasteiger partial charge in [0.25, 0.3) is 0 Å². The zero-order valence-electron chi connectivity index (χ0n) is 9.03. The summed E-state index contributed by atoms with van der Waals surface area (Å²) in [7, 11) is 0. The Bertz CT molecular complexity index is 113. The van der Waals surface area contributed by atoms with Crippen LogP contribution in [0.5, 0.6) is 0 Å². The first-order chi connectivity index (χ1) is 5.74. The maximum absolute atomic E-state index is 4.07. The summed E-state index contributed by atoms with van der Waals surface area (Å²) in [6.45, 7) is 10.8. The summed E-state index contributed by atoms with van der Waals surface area (Å²) < 4.78 is 0. The fraction of sp³-hybridized carbons (Fsp3) is 0.857. The van der Waals surface area contributed by atoms with Crippen LogP contribution in [0, 0.1) is 5.92 Å². The van der Waals surface area contributed by atoms with Crippen molar-refractivity contribution in [1.29, 1.82) is 0 Å². The SMILES string of the molecule is C.C.C=C(CC)CC(CC)CCCC. The van der Waals surface area contributed by atoms with E-state index in [9.17, 15) is 0 Å². The molecule has 0 N–H and O–H groups in total. The first-order valence-electron chi connectivity index (χ1n) is 5.41. The summed E-state index contributed by atoms with van der Waals surface area (Å²) in [6, 6.07) is 0. The molecule has 0 spiro atoms. The average molecular weight is 200 g/mol. The summed E-state index contributed by atoms with van der Waals surface area (Å²) in [5.74, 6) is 0.900. The minimum atomic E-state index is 0. The van der Waals surface area contributed by atoms with Crippen molar-refractivity contribution in [3.8, 4) is 0 Å². The minimum Gasteiger partial charge on any atom is -0.0999 e. The summed E-state index contributed by atoms with van der Waals surface area (Å²) in [5.41, 5.74) is 1.43. The molecule has 14 heavy (non-hydrogen) atoms. The predicted molar refractivity (Wildman–Crippen MR) is 70.8 cm³/mol. The molecule has 0 rings (SSSR count). The summed E-state index contributed by atoms with van der Waals surface area (Å²) in [5, 5.41) is 0. The lowest BCUT2D eigenvalue weighted by Crippen LogP contribution is -1.99. The highest BCUT2D eigenvalue weighted by Crippen LogP contribution is 2.21. The highest BCUT2D eigenvalue weighted by molar-refractivity contribution is 4.94. The molecule has 0 heteroatoms. The molecule has 0 fully saturated rings. The quantitative estimate of drug-likeness (QED) is 0.453. The van der Waals surface area contributed by atoms with Gasteiger partial charge in [-0.15, -0.1) is 0 Å². The van der Waals surface area contributed by atoms with Gasteiger partial charge in [0, 0.05) is 0 Å². The van der Waals surface area contributed by atoms with Gasteiger partial charge in [-0.1, -0.05) is 73.5 Å².